The topological polar surface area (TPSA) is 110 Å². The van der Waals surface area contributed by atoms with E-state index in [0.29, 0.717) is 24.5 Å². The molecule has 0 amide bonds. The number of carbonyl (C=O) groups is 1. The van der Waals surface area contributed by atoms with E-state index >= 15 is 0 Å². The summed E-state index contributed by atoms with van der Waals surface area (Å²) in [6.45, 7) is 6.56. The molecule has 2 heterocycles. The van der Waals surface area contributed by atoms with Crippen LogP contribution in [0.5, 0.6) is 0 Å². The average molecular weight is 460 g/mol. The number of carbonyl (C=O) groups excluding carboxylic acids is 1. The third kappa shape index (κ3) is 6.16. The van der Waals surface area contributed by atoms with Gasteiger partial charge in [0, 0.05) is 24.7 Å². The molecule has 1 N–H and O–H groups in total. The van der Waals surface area contributed by atoms with Crippen molar-refractivity contribution in [2.24, 2.45) is 0 Å². The van der Waals surface area contributed by atoms with Gasteiger partial charge < -0.3 is 15.0 Å². The lowest BCUT2D eigenvalue weighted by atomic mass is 9.99. The van der Waals surface area contributed by atoms with Gasteiger partial charge in [0.15, 0.2) is 0 Å². The number of ether oxygens (including phenoxy) is 1. The molecule has 0 bridgehead atoms. The highest BCUT2D eigenvalue weighted by Gasteiger charge is 2.28. The van der Waals surface area contributed by atoms with Gasteiger partial charge in [-0.15, -0.1) is 0 Å². The summed E-state index contributed by atoms with van der Waals surface area (Å²) in [6, 6.07) is 7.61. The van der Waals surface area contributed by atoms with Gasteiger partial charge in [0.1, 0.15) is 11.9 Å². The van der Waals surface area contributed by atoms with Gasteiger partial charge in [-0.1, -0.05) is 29.8 Å². The number of nitrogens with one attached hydrogen (secondary N) is 1. The third-order valence-electron chi connectivity index (χ3n) is 4.75. The van der Waals surface area contributed by atoms with Crippen LogP contribution in [0, 0.1) is 10.1 Å². The Kier molecular flexibility index (Phi) is 7.29. The van der Waals surface area contributed by atoms with Gasteiger partial charge in [0.25, 0.3) is 0 Å². The molecule has 1 aliphatic heterocycles. The Morgan fingerprint density at radius 3 is 2.59 bits per heavy atom. The normalized spacial score (nSPS) is 14.0. The molecule has 0 unspecified atom stereocenters. The number of aromatic nitrogens is 2. The second-order valence-corrected chi connectivity index (χ2v) is 8.78. The SMILES string of the molecule is CC(C)(C)OC(=O)CCNc1ncnc(N2CC=C(c3ccc(Cl)cc3)CC2)c1[N+](=O)[O-]. The van der Waals surface area contributed by atoms with Gasteiger partial charge in [0.05, 0.1) is 11.3 Å². The molecule has 0 radical (unpaired) electrons. The fourth-order valence-electron chi connectivity index (χ4n) is 3.36. The zero-order chi connectivity index (χ0) is 23.3. The number of nitrogens with zero attached hydrogens (tertiary/aromatic N) is 4. The number of hydrogen-bond acceptors (Lipinski definition) is 8. The predicted molar refractivity (Wildman–Crippen MR) is 124 cm³/mol. The number of esters is 1. The van der Waals surface area contributed by atoms with Crippen molar-refractivity contribution in [3.05, 3.63) is 57.4 Å². The molecule has 0 aliphatic carbocycles. The van der Waals surface area contributed by atoms with Crippen molar-refractivity contribution in [3.8, 4) is 0 Å². The summed E-state index contributed by atoms with van der Waals surface area (Å²) in [6.07, 6.45) is 4.10. The summed E-state index contributed by atoms with van der Waals surface area (Å²) in [5.74, 6) is -0.0648. The largest absolute Gasteiger partial charge is 0.460 e. The number of nitro groups is 1. The van der Waals surface area contributed by atoms with Gasteiger partial charge in [0.2, 0.25) is 11.6 Å². The van der Waals surface area contributed by atoms with Gasteiger partial charge in [-0.05, 0) is 50.5 Å². The van der Waals surface area contributed by atoms with E-state index in [9.17, 15) is 14.9 Å². The first kappa shape index (κ1) is 23.5. The molecule has 1 aromatic carbocycles. The zero-order valence-electron chi connectivity index (χ0n) is 18.3. The van der Waals surface area contributed by atoms with Crippen LogP contribution in [0.25, 0.3) is 5.57 Å². The summed E-state index contributed by atoms with van der Waals surface area (Å²) in [7, 11) is 0. The first-order chi connectivity index (χ1) is 15.1. The summed E-state index contributed by atoms with van der Waals surface area (Å²) in [5, 5.41) is 15.4. The van der Waals surface area contributed by atoms with Crippen molar-refractivity contribution in [1.29, 1.82) is 0 Å². The maximum absolute atomic E-state index is 11.9. The molecule has 170 valence electrons. The number of hydrogen-bond donors (Lipinski definition) is 1. The summed E-state index contributed by atoms with van der Waals surface area (Å²) >= 11 is 5.96. The first-order valence-corrected chi connectivity index (χ1v) is 10.7. The highest BCUT2D eigenvalue weighted by atomic mass is 35.5. The molecule has 9 nitrogen and oxygen atoms in total. The van der Waals surface area contributed by atoms with Crippen LogP contribution in [-0.4, -0.2) is 46.1 Å². The number of rotatable bonds is 7. The van der Waals surface area contributed by atoms with E-state index in [4.69, 9.17) is 16.3 Å². The summed E-state index contributed by atoms with van der Waals surface area (Å²) in [5.41, 5.74) is 1.44. The fourth-order valence-corrected chi connectivity index (χ4v) is 3.49. The van der Waals surface area contributed by atoms with Crippen LogP contribution >= 0.6 is 11.6 Å². The van der Waals surface area contributed by atoms with Gasteiger partial charge in [-0.25, -0.2) is 9.97 Å². The van der Waals surface area contributed by atoms with Crippen LogP contribution in [0.15, 0.2) is 36.7 Å². The van der Waals surface area contributed by atoms with Gasteiger partial charge >= 0.3 is 11.7 Å². The molecule has 32 heavy (non-hydrogen) atoms. The highest BCUT2D eigenvalue weighted by Crippen LogP contribution is 2.34. The molecular weight excluding hydrogens is 434 g/mol. The Morgan fingerprint density at radius 1 is 1.28 bits per heavy atom. The molecule has 0 saturated carbocycles. The smallest absolute Gasteiger partial charge is 0.353 e. The van der Waals surface area contributed by atoms with E-state index in [0.717, 1.165) is 11.1 Å². The molecule has 3 rings (SSSR count). The second-order valence-electron chi connectivity index (χ2n) is 8.35. The van der Waals surface area contributed by atoms with Crippen LogP contribution in [0.1, 0.15) is 39.2 Å². The van der Waals surface area contributed by atoms with E-state index in [1.54, 1.807) is 20.8 Å². The Hall–Kier alpha value is -3.20. The Labute approximate surface area is 191 Å². The zero-order valence-corrected chi connectivity index (χ0v) is 19.1. The van der Waals surface area contributed by atoms with Crippen molar-refractivity contribution >= 4 is 40.5 Å². The summed E-state index contributed by atoms with van der Waals surface area (Å²) < 4.78 is 5.26. The summed E-state index contributed by atoms with van der Waals surface area (Å²) in [4.78, 5) is 33.3. The maximum Gasteiger partial charge on any atom is 0.353 e. The third-order valence-corrected chi connectivity index (χ3v) is 5.00. The molecule has 0 atom stereocenters. The fraction of sp³-hybridized carbons (Fsp3) is 0.409. The number of benzene rings is 1. The van der Waals surface area contributed by atoms with Crippen molar-refractivity contribution < 1.29 is 14.5 Å². The van der Waals surface area contributed by atoms with Crippen LogP contribution in [0.4, 0.5) is 17.3 Å². The average Bonchev–Trinajstić information content (AvgIpc) is 2.73. The predicted octanol–water partition coefficient (Wildman–Crippen LogP) is 4.48. The maximum atomic E-state index is 11.9. The lowest BCUT2D eigenvalue weighted by molar-refractivity contribution is -0.383. The van der Waals surface area contributed by atoms with E-state index in [1.807, 2.05) is 35.2 Å². The van der Waals surface area contributed by atoms with Crippen LogP contribution in [-0.2, 0) is 9.53 Å². The molecule has 10 heteroatoms. The van der Waals surface area contributed by atoms with Crippen molar-refractivity contribution in [2.45, 2.75) is 39.2 Å². The molecule has 1 aromatic heterocycles. The minimum absolute atomic E-state index is 0.0602. The first-order valence-electron chi connectivity index (χ1n) is 10.3. The monoisotopic (exact) mass is 459 g/mol. The van der Waals surface area contributed by atoms with E-state index in [-0.39, 0.29) is 30.3 Å². The lowest BCUT2D eigenvalue weighted by Crippen LogP contribution is -2.30. The minimum Gasteiger partial charge on any atom is -0.460 e. The van der Waals surface area contributed by atoms with E-state index in [1.165, 1.54) is 6.33 Å². The van der Waals surface area contributed by atoms with Crippen LogP contribution in [0.2, 0.25) is 5.02 Å². The van der Waals surface area contributed by atoms with Gasteiger partial charge in [-0.3, -0.25) is 14.9 Å². The minimum atomic E-state index is -0.586. The Bertz CT molecular complexity index is 1020. The molecule has 0 saturated heterocycles. The number of anilines is 2. The molecule has 1 aliphatic rings. The molecule has 2 aromatic rings. The van der Waals surface area contributed by atoms with Crippen LogP contribution in [0.3, 0.4) is 0 Å². The van der Waals surface area contributed by atoms with Crippen molar-refractivity contribution in [3.63, 3.8) is 0 Å². The molecule has 0 fully saturated rings. The molecule has 0 spiro atoms. The Morgan fingerprint density at radius 2 is 2.00 bits per heavy atom. The second kappa shape index (κ2) is 9.95. The number of halogens is 1. The standard InChI is InChI=1S/C22H26ClN5O4/c1-22(2,3)32-18(29)8-11-24-20-19(28(30)31)21(26-14-25-20)27-12-9-16(10-13-27)15-4-6-17(23)7-5-15/h4-7,9,14H,8,10-13H2,1-3H3,(H,24,25,26). The quantitative estimate of drug-likeness (QED) is 0.366. The lowest BCUT2D eigenvalue weighted by Gasteiger charge is -2.27. The molecular formula is C22H26ClN5O4. The van der Waals surface area contributed by atoms with Crippen molar-refractivity contribution in [2.75, 3.05) is 29.9 Å². The Balaban J connectivity index is 1.72. The van der Waals surface area contributed by atoms with E-state index < -0.39 is 16.5 Å². The van der Waals surface area contributed by atoms with Crippen LogP contribution < -0.4 is 10.2 Å². The van der Waals surface area contributed by atoms with E-state index in [2.05, 4.69) is 15.3 Å². The van der Waals surface area contributed by atoms with Gasteiger partial charge in [-0.2, -0.15) is 0 Å². The van der Waals surface area contributed by atoms with Crippen molar-refractivity contribution in [1.82, 2.24) is 9.97 Å². The highest BCUT2D eigenvalue weighted by molar-refractivity contribution is 6.30.